The fraction of sp³-hybridized carbons (Fsp3) is 0.333. The van der Waals surface area contributed by atoms with E-state index in [-0.39, 0.29) is 17.6 Å². The molecule has 1 saturated heterocycles. The van der Waals surface area contributed by atoms with Crippen molar-refractivity contribution >= 4 is 16.9 Å². The minimum Gasteiger partial charge on any atom is -0.481 e. The molecule has 6 heteroatoms. The van der Waals surface area contributed by atoms with Crippen LogP contribution in [-0.2, 0) is 4.79 Å². The molecule has 0 saturated carbocycles. The predicted molar refractivity (Wildman–Crippen MR) is 99.1 cm³/mol. The fourth-order valence-corrected chi connectivity index (χ4v) is 3.61. The zero-order valence-electron chi connectivity index (χ0n) is 15.1. The summed E-state index contributed by atoms with van der Waals surface area (Å²) in [6.07, 6.45) is 1.06. The van der Waals surface area contributed by atoms with Crippen LogP contribution in [0.4, 0.5) is 4.39 Å². The van der Waals surface area contributed by atoms with Crippen LogP contribution in [0, 0.1) is 5.82 Å². The molecule has 0 spiro atoms. The number of ether oxygens (including phenoxy) is 1. The van der Waals surface area contributed by atoms with Crippen LogP contribution >= 0.6 is 0 Å². The Morgan fingerprint density at radius 1 is 1.22 bits per heavy atom. The number of hydrogen-bond donors (Lipinski definition) is 0. The van der Waals surface area contributed by atoms with Crippen molar-refractivity contribution in [3.63, 3.8) is 0 Å². The van der Waals surface area contributed by atoms with Gasteiger partial charge in [-0.1, -0.05) is 23.4 Å². The fourth-order valence-electron chi connectivity index (χ4n) is 3.61. The molecule has 1 atom stereocenters. The monoisotopic (exact) mass is 368 g/mol. The summed E-state index contributed by atoms with van der Waals surface area (Å²) in [5.41, 5.74) is 1.32. The number of para-hydroxylation sites is 1. The second-order valence-electron chi connectivity index (χ2n) is 6.88. The van der Waals surface area contributed by atoms with Crippen molar-refractivity contribution in [3.05, 3.63) is 60.0 Å². The molecule has 1 aliphatic rings. The average Bonchev–Trinajstić information content (AvgIpc) is 3.11. The van der Waals surface area contributed by atoms with E-state index in [1.54, 1.807) is 13.0 Å². The number of carbonyl (C=O) groups is 1. The number of piperidine rings is 1. The number of carbonyl (C=O) groups excluding carboxylic acids is 1. The maximum absolute atomic E-state index is 13.3. The Bertz CT molecular complexity index is 933. The molecule has 0 aliphatic carbocycles. The minimum atomic E-state index is -0.528. The molecule has 4 rings (SSSR count). The van der Waals surface area contributed by atoms with E-state index in [9.17, 15) is 9.18 Å². The maximum atomic E-state index is 13.3. The first-order valence-electron chi connectivity index (χ1n) is 9.17. The lowest BCUT2D eigenvalue weighted by molar-refractivity contribution is -0.139. The SMILES string of the molecule is CC(Oc1ccccc1)C(=O)N1CCC(c2noc3cc(F)ccc23)CC1. The molecule has 1 unspecified atom stereocenters. The van der Waals surface area contributed by atoms with Crippen molar-refractivity contribution in [2.45, 2.75) is 31.8 Å². The van der Waals surface area contributed by atoms with Gasteiger partial charge in [-0.3, -0.25) is 4.79 Å². The molecule has 140 valence electrons. The third-order valence-electron chi connectivity index (χ3n) is 5.06. The number of rotatable bonds is 4. The largest absolute Gasteiger partial charge is 0.481 e. The number of fused-ring (bicyclic) bond motifs is 1. The Kier molecular flexibility index (Phi) is 4.79. The van der Waals surface area contributed by atoms with Gasteiger partial charge in [0, 0.05) is 30.5 Å². The molecule has 0 bridgehead atoms. The summed E-state index contributed by atoms with van der Waals surface area (Å²) in [6.45, 7) is 3.06. The summed E-state index contributed by atoms with van der Waals surface area (Å²) >= 11 is 0. The van der Waals surface area contributed by atoms with Crippen LogP contribution in [-0.4, -0.2) is 35.2 Å². The summed E-state index contributed by atoms with van der Waals surface area (Å²) < 4.78 is 24.3. The number of hydrogen-bond acceptors (Lipinski definition) is 4. The predicted octanol–water partition coefficient (Wildman–Crippen LogP) is 4.14. The van der Waals surface area contributed by atoms with Crippen molar-refractivity contribution in [1.82, 2.24) is 10.1 Å². The van der Waals surface area contributed by atoms with Crippen molar-refractivity contribution < 1.29 is 18.4 Å². The lowest BCUT2D eigenvalue weighted by Gasteiger charge is -2.32. The van der Waals surface area contributed by atoms with Crippen LogP contribution in [0.5, 0.6) is 5.75 Å². The maximum Gasteiger partial charge on any atom is 0.263 e. The van der Waals surface area contributed by atoms with Gasteiger partial charge in [0.2, 0.25) is 0 Å². The summed E-state index contributed by atoms with van der Waals surface area (Å²) in [5.74, 6) is 0.544. The second-order valence-corrected chi connectivity index (χ2v) is 6.88. The van der Waals surface area contributed by atoms with Crippen LogP contribution in [0.1, 0.15) is 31.4 Å². The Balaban J connectivity index is 1.38. The van der Waals surface area contributed by atoms with Gasteiger partial charge in [-0.05, 0) is 44.0 Å². The van der Waals surface area contributed by atoms with Crippen molar-refractivity contribution in [2.75, 3.05) is 13.1 Å². The Morgan fingerprint density at radius 3 is 2.70 bits per heavy atom. The number of halogens is 1. The first-order chi connectivity index (χ1) is 13.1. The Hall–Kier alpha value is -2.89. The summed E-state index contributed by atoms with van der Waals surface area (Å²) in [5, 5.41) is 5.00. The molecule has 1 fully saturated rings. The first-order valence-corrected chi connectivity index (χ1v) is 9.17. The van der Waals surface area contributed by atoms with E-state index in [2.05, 4.69) is 5.16 Å². The van der Waals surface area contributed by atoms with Crippen molar-refractivity contribution in [2.24, 2.45) is 0 Å². The quantitative estimate of drug-likeness (QED) is 0.694. The molecular weight excluding hydrogens is 347 g/mol. The van der Waals surface area contributed by atoms with Gasteiger partial charge in [-0.2, -0.15) is 0 Å². The molecule has 1 aliphatic heterocycles. The highest BCUT2D eigenvalue weighted by Gasteiger charge is 2.29. The standard InChI is InChI=1S/C21H21FN2O3/c1-14(26-17-5-3-2-4-6-17)21(25)24-11-9-15(10-12-24)20-18-8-7-16(22)13-19(18)27-23-20/h2-8,13-15H,9-12H2,1H3. The number of aromatic nitrogens is 1. The lowest BCUT2D eigenvalue weighted by Crippen LogP contribution is -2.44. The van der Waals surface area contributed by atoms with Crippen LogP contribution in [0.25, 0.3) is 11.0 Å². The smallest absolute Gasteiger partial charge is 0.263 e. The zero-order valence-corrected chi connectivity index (χ0v) is 15.1. The number of amides is 1. The first kappa shape index (κ1) is 17.5. The van der Waals surface area contributed by atoms with Gasteiger partial charge in [-0.15, -0.1) is 0 Å². The Morgan fingerprint density at radius 2 is 1.96 bits per heavy atom. The van der Waals surface area contributed by atoms with E-state index >= 15 is 0 Å². The number of likely N-dealkylation sites (tertiary alicyclic amines) is 1. The van der Waals surface area contributed by atoms with Gasteiger partial charge in [0.05, 0.1) is 5.69 Å². The van der Waals surface area contributed by atoms with Crippen molar-refractivity contribution in [3.8, 4) is 5.75 Å². The molecule has 3 aromatic rings. The van der Waals surface area contributed by atoms with Crippen molar-refractivity contribution in [1.29, 1.82) is 0 Å². The highest BCUT2D eigenvalue weighted by molar-refractivity contribution is 5.81. The highest BCUT2D eigenvalue weighted by atomic mass is 19.1. The van der Waals surface area contributed by atoms with Crippen LogP contribution in [0.15, 0.2) is 53.1 Å². The van der Waals surface area contributed by atoms with Gasteiger partial charge in [0.1, 0.15) is 11.6 Å². The number of benzene rings is 2. The molecular formula is C21H21FN2O3. The third kappa shape index (κ3) is 3.65. The Labute approximate surface area is 156 Å². The average molecular weight is 368 g/mol. The normalized spacial score (nSPS) is 16.4. The molecule has 1 aromatic heterocycles. The molecule has 27 heavy (non-hydrogen) atoms. The van der Waals surface area contributed by atoms with Gasteiger partial charge in [0.15, 0.2) is 11.7 Å². The van der Waals surface area contributed by atoms with Gasteiger partial charge in [-0.25, -0.2) is 4.39 Å². The molecule has 1 amide bonds. The van der Waals surface area contributed by atoms with Crippen LogP contribution in [0.3, 0.4) is 0 Å². The highest BCUT2D eigenvalue weighted by Crippen LogP contribution is 2.33. The molecule has 0 radical (unpaired) electrons. The van der Waals surface area contributed by atoms with Gasteiger partial charge in [0.25, 0.3) is 5.91 Å². The van der Waals surface area contributed by atoms with Gasteiger partial charge >= 0.3 is 0 Å². The zero-order chi connectivity index (χ0) is 18.8. The van der Waals surface area contributed by atoms with Crippen LogP contribution in [0.2, 0.25) is 0 Å². The lowest BCUT2D eigenvalue weighted by atomic mass is 9.91. The van der Waals surface area contributed by atoms with Crippen LogP contribution < -0.4 is 4.74 Å². The summed E-state index contributed by atoms with van der Waals surface area (Å²) in [7, 11) is 0. The van der Waals surface area contributed by atoms with E-state index < -0.39 is 6.10 Å². The third-order valence-corrected chi connectivity index (χ3v) is 5.06. The number of nitrogens with zero attached hydrogens (tertiary/aromatic N) is 2. The minimum absolute atomic E-state index is 0.00983. The second kappa shape index (κ2) is 7.39. The van der Waals surface area contributed by atoms with E-state index in [4.69, 9.17) is 9.26 Å². The molecule has 2 heterocycles. The molecule has 0 N–H and O–H groups in total. The summed E-state index contributed by atoms with van der Waals surface area (Å²) in [4.78, 5) is 14.5. The van der Waals surface area contributed by atoms with E-state index in [1.807, 2.05) is 35.2 Å². The van der Waals surface area contributed by atoms with Gasteiger partial charge < -0.3 is 14.2 Å². The molecule has 5 nitrogen and oxygen atoms in total. The summed E-state index contributed by atoms with van der Waals surface area (Å²) in [6, 6.07) is 13.8. The topological polar surface area (TPSA) is 55.6 Å². The van der Waals surface area contributed by atoms with E-state index in [0.717, 1.165) is 23.9 Å². The van der Waals surface area contributed by atoms with E-state index in [1.165, 1.54) is 12.1 Å². The molecule has 2 aromatic carbocycles. The van der Waals surface area contributed by atoms with E-state index in [0.29, 0.717) is 24.4 Å².